The van der Waals surface area contributed by atoms with Gasteiger partial charge in [0.2, 0.25) is 0 Å². The van der Waals surface area contributed by atoms with Crippen LogP contribution in [-0.4, -0.2) is 14.2 Å². The fourth-order valence-corrected chi connectivity index (χ4v) is 2.18. The van der Waals surface area contributed by atoms with Gasteiger partial charge in [-0.05, 0) is 53.3 Å². The molecule has 1 aromatic heterocycles. The Kier molecular flexibility index (Phi) is 4.04. The maximum Gasteiger partial charge on any atom is 0.169 e. The Labute approximate surface area is 113 Å². The number of ether oxygens (including phenoxy) is 1. The Morgan fingerprint density at radius 1 is 1.33 bits per heavy atom. The maximum absolute atomic E-state index is 13.4. The van der Waals surface area contributed by atoms with Crippen molar-refractivity contribution in [1.29, 1.82) is 0 Å². The first kappa shape index (κ1) is 13.1. The predicted octanol–water partition coefficient (Wildman–Crippen LogP) is 3.50. The molecule has 2 aromatic rings. The van der Waals surface area contributed by atoms with Crippen LogP contribution in [0.4, 0.5) is 4.39 Å². The van der Waals surface area contributed by atoms with E-state index < -0.39 is 0 Å². The summed E-state index contributed by atoms with van der Waals surface area (Å²) in [6, 6.07) is 7.78. The summed E-state index contributed by atoms with van der Waals surface area (Å²) >= 11 is 3.25. The normalized spacial score (nSPS) is 12.4. The van der Waals surface area contributed by atoms with E-state index in [1.54, 1.807) is 26.3 Å². The second-order valence-electron chi connectivity index (χ2n) is 3.75. The first-order valence-corrected chi connectivity index (χ1v) is 6.21. The molecule has 2 rings (SSSR count). The number of nitrogens with one attached hydrogen (secondary N) is 1. The molecule has 0 aliphatic heterocycles. The number of benzene rings is 1. The van der Waals surface area contributed by atoms with Crippen LogP contribution >= 0.6 is 15.9 Å². The minimum atomic E-state index is -0.309. The van der Waals surface area contributed by atoms with Crippen LogP contribution in [0, 0.1) is 5.82 Å². The van der Waals surface area contributed by atoms with E-state index in [9.17, 15) is 4.39 Å². The second-order valence-corrected chi connectivity index (χ2v) is 4.53. The van der Waals surface area contributed by atoms with Gasteiger partial charge in [-0.2, -0.15) is 0 Å². The smallest absolute Gasteiger partial charge is 0.169 e. The van der Waals surface area contributed by atoms with Gasteiger partial charge in [0.25, 0.3) is 0 Å². The average Bonchev–Trinajstić information content (AvgIpc) is 2.77. The van der Waals surface area contributed by atoms with Crippen LogP contribution < -0.4 is 10.1 Å². The molecular formula is C13H13BrFNO2. The number of hydrogen-bond donors (Lipinski definition) is 1. The Morgan fingerprint density at radius 3 is 2.67 bits per heavy atom. The van der Waals surface area contributed by atoms with Gasteiger partial charge in [-0.25, -0.2) is 4.39 Å². The summed E-state index contributed by atoms with van der Waals surface area (Å²) in [5, 5.41) is 3.09. The van der Waals surface area contributed by atoms with E-state index in [1.165, 1.54) is 12.1 Å². The molecule has 1 heterocycles. The van der Waals surface area contributed by atoms with Crippen LogP contribution in [0.1, 0.15) is 17.4 Å². The van der Waals surface area contributed by atoms with Crippen LogP contribution in [0.2, 0.25) is 0 Å². The molecule has 0 fully saturated rings. The van der Waals surface area contributed by atoms with Gasteiger partial charge in [-0.3, -0.25) is 0 Å². The molecule has 0 saturated heterocycles. The molecule has 0 amide bonds. The number of hydrogen-bond acceptors (Lipinski definition) is 3. The molecule has 0 radical (unpaired) electrons. The Morgan fingerprint density at radius 2 is 2.11 bits per heavy atom. The summed E-state index contributed by atoms with van der Waals surface area (Å²) in [5.41, 5.74) is 0.696. The highest BCUT2D eigenvalue weighted by Crippen LogP contribution is 2.32. The summed E-state index contributed by atoms with van der Waals surface area (Å²) in [6.07, 6.45) is 0. The van der Waals surface area contributed by atoms with E-state index >= 15 is 0 Å². The van der Waals surface area contributed by atoms with Crippen LogP contribution in [0.15, 0.2) is 39.4 Å². The predicted molar refractivity (Wildman–Crippen MR) is 70.3 cm³/mol. The quantitative estimate of drug-likeness (QED) is 0.938. The first-order chi connectivity index (χ1) is 8.65. The van der Waals surface area contributed by atoms with E-state index in [4.69, 9.17) is 9.15 Å². The monoisotopic (exact) mass is 313 g/mol. The Hall–Kier alpha value is -1.33. The molecule has 0 spiro atoms. The van der Waals surface area contributed by atoms with Gasteiger partial charge in [0, 0.05) is 5.56 Å². The molecule has 5 heteroatoms. The van der Waals surface area contributed by atoms with Crippen molar-refractivity contribution in [2.45, 2.75) is 6.04 Å². The number of rotatable bonds is 4. The largest absolute Gasteiger partial charge is 0.496 e. The minimum Gasteiger partial charge on any atom is -0.496 e. The molecule has 1 N–H and O–H groups in total. The summed E-state index contributed by atoms with van der Waals surface area (Å²) < 4.78 is 24.8. The number of halogens is 2. The van der Waals surface area contributed by atoms with Crippen molar-refractivity contribution in [2.24, 2.45) is 0 Å². The second kappa shape index (κ2) is 5.54. The number of furan rings is 1. The fraction of sp³-hybridized carbons (Fsp3) is 0.231. The van der Waals surface area contributed by atoms with Gasteiger partial charge in [-0.15, -0.1) is 0 Å². The Bertz CT molecular complexity index is 542. The van der Waals surface area contributed by atoms with Gasteiger partial charge in [0.05, 0.1) is 13.2 Å². The van der Waals surface area contributed by atoms with Crippen molar-refractivity contribution in [3.63, 3.8) is 0 Å². The highest BCUT2D eigenvalue weighted by molar-refractivity contribution is 9.10. The molecular weight excluding hydrogens is 301 g/mol. The summed E-state index contributed by atoms with van der Waals surface area (Å²) in [7, 11) is 3.34. The third-order valence-electron chi connectivity index (χ3n) is 2.67. The van der Waals surface area contributed by atoms with Crippen molar-refractivity contribution in [1.82, 2.24) is 5.32 Å². The topological polar surface area (TPSA) is 34.4 Å². The zero-order valence-electron chi connectivity index (χ0n) is 10.0. The molecule has 0 bridgehead atoms. The maximum atomic E-state index is 13.4. The summed E-state index contributed by atoms with van der Waals surface area (Å²) in [4.78, 5) is 0. The highest BCUT2D eigenvalue weighted by Gasteiger charge is 2.20. The third kappa shape index (κ3) is 2.57. The van der Waals surface area contributed by atoms with E-state index in [1.807, 2.05) is 6.07 Å². The van der Waals surface area contributed by atoms with Crippen molar-refractivity contribution < 1.29 is 13.5 Å². The summed E-state index contributed by atoms with van der Waals surface area (Å²) in [5.74, 6) is 0.994. The highest BCUT2D eigenvalue weighted by atomic mass is 79.9. The SMILES string of the molecule is CNC(c1ccc(Br)o1)c1cc(F)ccc1OC. The lowest BCUT2D eigenvalue weighted by atomic mass is 10.0. The molecule has 18 heavy (non-hydrogen) atoms. The molecule has 1 atom stereocenters. The van der Waals surface area contributed by atoms with E-state index in [0.717, 1.165) is 0 Å². The third-order valence-corrected chi connectivity index (χ3v) is 3.10. The van der Waals surface area contributed by atoms with E-state index in [0.29, 0.717) is 21.7 Å². The molecule has 0 aliphatic rings. The van der Waals surface area contributed by atoms with Gasteiger partial charge in [0.1, 0.15) is 17.3 Å². The molecule has 1 aromatic carbocycles. The molecule has 3 nitrogen and oxygen atoms in total. The zero-order chi connectivity index (χ0) is 13.1. The summed E-state index contributed by atoms with van der Waals surface area (Å²) in [6.45, 7) is 0. The van der Waals surface area contributed by atoms with Crippen molar-refractivity contribution in [2.75, 3.05) is 14.2 Å². The van der Waals surface area contributed by atoms with Gasteiger partial charge >= 0.3 is 0 Å². The van der Waals surface area contributed by atoms with Gasteiger partial charge in [-0.1, -0.05) is 0 Å². The number of methoxy groups -OCH3 is 1. The fourth-order valence-electron chi connectivity index (χ4n) is 1.87. The van der Waals surface area contributed by atoms with E-state index in [2.05, 4.69) is 21.2 Å². The lowest BCUT2D eigenvalue weighted by Gasteiger charge is -2.17. The van der Waals surface area contributed by atoms with Gasteiger partial charge < -0.3 is 14.5 Å². The standard InChI is InChI=1S/C13H13BrFNO2/c1-16-13(11-5-6-12(14)18-11)9-7-8(15)3-4-10(9)17-2/h3-7,13,16H,1-2H3. The van der Waals surface area contributed by atoms with E-state index in [-0.39, 0.29) is 11.9 Å². The lowest BCUT2D eigenvalue weighted by molar-refractivity contribution is 0.393. The Balaban J connectivity index is 2.47. The van der Waals surface area contributed by atoms with Crippen LogP contribution in [-0.2, 0) is 0 Å². The molecule has 0 aliphatic carbocycles. The first-order valence-electron chi connectivity index (χ1n) is 5.41. The van der Waals surface area contributed by atoms with Crippen LogP contribution in [0.5, 0.6) is 5.75 Å². The van der Waals surface area contributed by atoms with Crippen LogP contribution in [0.25, 0.3) is 0 Å². The van der Waals surface area contributed by atoms with Crippen molar-refractivity contribution >= 4 is 15.9 Å². The van der Waals surface area contributed by atoms with Gasteiger partial charge in [0.15, 0.2) is 4.67 Å². The van der Waals surface area contributed by atoms with Crippen LogP contribution in [0.3, 0.4) is 0 Å². The zero-order valence-corrected chi connectivity index (χ0v) is 11.6. The molecule has 96 valence electrons. The van der Waals surface area contributed by atoms with Crippen molar-refractivity contribution in [3.05, 3.63) is 52.1 Å². The average molecular weight is 314 g/mol. The molecule has 1 unspecified atom stereocenters. The van der Waals surface area contributed by atoms with Crippen molar-refractivity contribution in [3.8, 4) is 5.75 Å². The minimum absolute atomic E-state index is 0.262. The lowest BCUT2D eigenvalue weighted by Crippen LogP contribution is -2.18. The molecule has 0 saturated carbocycles.